The topological polar surface area (TPSA) is 86.8 Å². The van der Waals surface area contributed by atoms with Gasteiger partial charge in [0.1, 0.15) is 12.6 Å². The zero-order valence-electron chi connectivity index (χ0n) is 22.5. The van der Waals surface area contributed by atoms with Gasteiger partial charge in [-0.25, -0.2) is 8.42 Å². The lowest BCUT2D eigenvalue weighted by atomic mass is 10.0. The molecule has 0 saturated carbocycles. The molecule has 0 aliphatic carbocycles. The third-order valence-electron chi connectivity index (χ3n) is 6.07. The fraction of sp³-hybridized carbons (Fsp3) is 0.310. The van der Waals surface area contributed by atoms with E-state index >= 15 is 0 Å². The van der Waals surface area contributed by atoms with E-state index < -0.39 is 28.5 Å². The maximum atomic E-state index is 14.1. The van der Waals surface area contributed by atoms with E-state index in [0.717, 1.165) is 16.1 Å². The Morgan fingerprint density at radius 3 is 2.23 bits per heavy atom. The molecule has 3 rings (SSSR count). The Kier molecular flexibility index (Phi) is 11.5. The molecule has 0 spiro atoms. The summed E-state index contributed by atoms with van der Waals surface area (Å²) in [6.45, 7) is 3.89. The number of carbonyl (C=O) groups excluding carboxylic acids is 2. The van der Waals surface area contributed by atoms with Gasteiger partial charge in [0.05, 0.1) is 22.0 Å². The first-order valence-electron chi connectivity index (χ1n) is 12.6. The van der Waals surface area contributed by atoms with Crippen molar-refractivity contribution < 1.29 is 18.0 Å². The highest BCUT2D eigenvalue weighted by Gasteiger charge is 2.33. The van der Waals surface area contributed by atoms with Crippen LogP contribution in [-0.2, 0) is 32.6 Å². The summed E-state index contributed by atoms with van der Waals surface area (Å²) in [7, 11) is -3.85. The van der Waals surface area contributed by atoms with Crippen LogP contribution in [-0.4, -0.2) is 50.5 Å². The average Bonchev–Trinajstić information content (AvgIpc) is 2.89. The van der Waals surface area contributed by atoms with Crippen LogP contribution in [0.4, 0.5) is 5.69 Å². The number of hydrogen-bond donors (Lipinski definition) is 1. The molecule has 0 aliphatic rings. The Hall–Kier alpha value is -2.59. The summed E-state index contributed by atoms with van der Waals surface area (Å²) in [5.74, 6) is -0.686. The van der Waals surface area contributed by atoms with Crippen molar-refractivity contribution in [1.82, 2.24) is 10.2 Å². The SMILES string of the molecule is CC(C)CNC(=O)C(Cc1ccccc1)N(Cc1ccc(Cl)c(Cl)c1)C(=O)CN(c1cccc(Br)c1)S(C)(=O)=O. The minimum absolute atomic E-state index is 0.0123. The van der Waals surface area contributed by atoms with Gasteiger partial charge in [0, 0.05) is 24.0 Å². The lowest BCUT2D eigenvalue weighted by Gasteiger charge is -2.33. The monoisotopic (exact) mass is 667 g/mol. The molecule has 3 aromatic carbocycles. The van der Waals surface area contributed by atoms with E-state index in [1.807, 2.05) is 44.2 Å². The molecule has 1 atom stereocenters. The highest BCUT2D eigenvalue weighted by molar-refractivity contribution is 9.10. The fourth-order valence-corrected chi connectivity index (χ4v) is 5.61. The summed E-state index contributed by atoms with van der Waals surface area (Å²) in [5.41, 5.74) is 1.82. The molecule has 0 radical (unpaired) electrons. The molecule has 0 aromatic heterocycles. The van der Waals surface area contributed by atoms with Crippen molar-refractivity contribution in [3.8, 4) is 0 Å². The average molecular weight is 669 g/mol. The van der Waals surface area contributed by atoms with E-state index in [1.54, 1.807) is 42.5 Å². The summed E-state index contributed by atoms with van der Waals surface area (Å²) in [4.78, 5) is 29.1. The van der Waals surface area contributed by atoms with Crippen molar-refractivity contribution in [2.24, 2.45) is 5.92 Å². The van der Waals surface area contributed by atoms with Gasteiger partial charge in [-0.3, -0.25) is 13.9 Å². The Morgan fingerprint density at radius 1 is 0.925 bits per heavy atom. The van der Waals surface area contributed by atoms with Crippen molar-refractivity contribution in [2.75, 3.05) is 23.7 Å². The first-order valence-corrected chi connectivity index (χ1v) is 16.0. The maximum Gasteiger partial charge on any atom is 0.244 e. The molecule has 0 saturated heterocycles. The molecule has 1 unspecified atom stereocenters. The second kappa shape index (κ2) is 14.3. The molecule has 7 nitrogen and oxygen atoms in total. The van der Waals surface area contributed by atoms with Gasteiger partial charge < -0.3 is 10.2 Å². The second-order valence-corrected chi connectivity index (χ2v) is 13.5. The summed E-state index contributed by atoms with van der Waals surface area (Å²) in [5, 5.41) is 3.61. The van der Waals surface area contributed by atoms with Gasteiger partial charge in [-0.1, -0.05) is 95.4 Å². The Bertz CT molecular complexity index is 1440. The van der Waals surface area contributed by atoms with Crippen LogP contribution in [0.3, 0.4) is 0 Å². The van der Waals surface area contributed by atoms with Gasteiger partial charge in [0.15, 0.2) is 0 Å². The predicted molar refractivity (Wildman–Crippen MR) is 165 cm³/mol. The second-order valence-electron chi connectivity index (χ2n) is 9.86. The zero-order chi connectivity index (χ0) is 29.4. The first kappa shape index (κ1) is 31.9. The Morgan fingerprint density at radius 2 is 1.62 bits per heavy atom. The van der Waals surface area contributed by atoms with Crippen molar-refractivity contribution in [3.63, 3.8) is 0 Å². The first-order chi connectivity index (χ1) is 18.8. The van der Waals surface area contributed by atoms with Crippen LogP contribution >= 0.6 is 39.1 Å². The minimum atomic E-state index is -3.85. The normalized spacial score (nSPS) is 12.2. The van der Waals surface area contributed by atoms with Crippen molar-refractivity contribution in [1.29, 1.82) is 0 Å². The smallest absolute Gasteiger partial charge is 0.244 e. The molecule has 0 fully saturated rings. The number of amides is 2. The number of sulfonamides is 1. The highest BCUT2D eigenvalue weighted by Crippen LogP contribution is 2.26. The van der Waals surface area contributed by atoms with Gasteiger partial charge in [0.25, 0.3) is 0 Å². The van der Waals surface area contributed by atoms with Crippen molar-refractivity contribution >= 4 is 66.7 Å². The Labute approximate surface area is 254 Å². The van der Waals surface area contributed by atoms with Crippen LogP contribution in [0, 0.1) is 5.92 Å². The lowest BCUT2D eigenvalue weighted by Crippen LogP contribution is -2.53. The number of halogens is 3. The van der Waals surface area contributed by atoms with E-state index in [-0.39, 0.29) is 24.8 Å². The quantitative estimate of drug-likeness (QED) is 0.259. The van der Waals surface area contributed by atoms with Crippen LogP contribution < -0.4 is 9.62 Å². The van der Waals surface area contributed by atoms with Crippen LogP contribution in [0.15, 0.2) is 77.3 Å². The Balaban J connectivity index is 2.06. The summed E-state index contributed by atoms with van der Waals surface area (Å²) >= 11 is 15.7. The van der Waals surface area contributed by atoms with Gasteiger partial charge >= 0.3 is 0 Å². The molecule has 40 heavy (non-hydrogen) atoms. The molecule has 0 bridgehead atoms. The summed E-state index contributed by atoms with van der Waals surface area (Å²) in [6.07, 6.45) is 1.27. The molecule has 1 N–H and O–H groups in total. The fourth-order valence-electron chi connectivity index (χ4n) is 4.06. The van der Waals surface area contributed by atoms with Crippen molar-refractivity contribution in [3.05, 3.63) is 98.4 Å². The minimum Gasteiger partial charge on any atom is -0.354 e. The third kappa shape index (κ3) is 9.23. The van der Waals surface area contributed by atoms with Crippen LogP contribution in [0.5, 0.6) is 0 Å². The molecule has 11 heteroatoms. The largest absolute Gasteiger partial charge is 0.354 e. The molecule has 3 aromatic rings. The standard InChI is InChI=1S/C29H32BrCl2N3O4S/c1-20(2)17-33-29(37)27(15-21-8-5-4-6-9-21)34(18-22-12-13-25(31)26(32)14-22)28(36)19-35(40(3,38)39)24-11-7-10-23(30)16-24/h4-14,16,20,27H,15,17-19H2,1-3H3,(H,33,37). The number of nitrogens with one attached hydrogen (secondary N) is 1. The van der Waals surface area contributed by atoms with E-state index in [9.17, 15) is 18.0 Å². The lowest BCUT2D eigenvalue weighted by molar-refractivity contribution is -0.140. The number of benzene rings is 3. The maximum absolute atomic E-state index is 14.1. The number of anilines is 1. The predicted octanol–water partition coefficient (Wildman–Crippen LogP) is 5.93. The van der Waals surface area contributed by atoms with E-state index in [4.69, 9.17) is 23.2 Å². The van der Waals surface area contributed by atoms with Crippen molar-refractivity contribution in [2.45, 2.75) is 32.9 Å². The molecule has 214 valence electrons. The van der Waals surface area contributed by atoms with E-state index in [1.165, 1.54) is 4.90 Å². The van der Waals surface area contributed by atoms with Crippen LogP contribution in [0.25, 0.3) is 0 Å². The van der Waals surface area contributed by atoms with E-state index in [2.05, 4.69) is 21.2 Å². The van der Waals surface area contributed by atoms with Crippen LogP contribution in [0.1, 0.15) is 25.0 Å². The highest BCUT2D eigenvalue weighted by atomic mass is 79.9. The van der Waals surface area contributed by atoms with Gasteiger partial charge in [-0.05, 0) is 47.4 Å². The molecule has 2 amide bonds. The number of hydrogen-bond acceptors (Lipinski definition) is 4. The number of nitrogens with zero attached hydrogens (tertiary/aromatic N) is 2. The molecular formula is C29H32BrCl2N3O4S. The summed E-state index contributed by atoms with van der Waals surface area (Å²) < 4.78 is 27.4. The summed E-state index contributed by atoms with van der Waals surface area (Å²) in [6, 6.07) is 20.1. The van der Waals surface area contributed by atoms with Gasteiger partial charge in [-0.2, -0.15) is 0 Å². The number of carbonyl (C=O) groups is 2. The molecule has 0 aliphatic heterocycles. The number of rotatable bonds is 12. The zero-order valence-corrected chi connectivity index (χ0v) is 26.4. The molecule has 0 heterocycles. The van der Waals surface area contributed by atoms with Gasteiger partial charge in [-0.15, -0.1) is 0 Å². The van der Waals surface area contributed by atoms with Crippen LogP contribution in [0.2, 0.25) is 10.0 Å². The molecular weight excluding hydrogens is 637 g/mol. The van der Waals surface area contributed by atoms with E-state index in [0.29, 0.717) is 32.3 Å². The van der Waals surface area contributed by atoms with Gasteiger partial charge in [0.2, 0.25) is 21.8 Å². The third-order valence-corrected chi connectivity index (χ3v) is 8.44.